The second-order valence-electron chi connectivity index (χ2n) is 3.95. The summed E-state index contributed by atoms with van der Waals surface area (Å²) in [5.74, 6) is 5.85. The van der Waals surface area contributed by atoms with Gasteiger partial charge in [0.05, 0.1) is 6.04 Å². The highest BCUT2D eigenvalue weighted by atomic mass is 32.1. The van der Waals surface area contributed by atoms with Crippen molar-refractivity contribution < 1.29 is 0 Å². The van der Waals surface area contributed by atoms with E-state index in [1.54, 1.807) is 16.0 Å². The molecule has 0 spiro atoms. The molecule has 3 nitrogen and oxygen atoms in total. The summed E-state index contributed by atoms with van der Waals surface area (Å²) in [6.07, 6.45) is 6.48. The van der Waals surface area contributed by atoms with E-state index >= 15 is 0 Å². The van der Waals surface area contributed by atoms with Crippen LogP contribution in [0.5, 0.6) is 0 Å². The number of nitrogens with zero attached hydrogens (tertiary/aromatic N) is 2. The van der Waals surface area contributed by atoms with Gasteiger partial charge in [-0.1, -0.05) is 19.3 Å². The predicted octanol–water partition coefficient (Wildman–Crippen LogP) is 1.81. The molecule has 1 aliphatic rings. The highest BCUT2D eigenvalue weighted by molar-refractivity contribution is 7.07. The molecule has 0 unspecified atom stereocenters. The first-order valence-electron chi connectivity index (χ1n) is 5.23. The highest BCUT2D eigenvalue weighted by Gasteiger charge is 2.11. The van der Waals surface area contributed by atoms with Gasteiger partial charge in [0.25, 0.3) is 0 Å². The molecule has 0 aliphatic heterocycles. The van der Waals surface area contributed by atoms with Crippen LogP contribution in [0.15, 0.2) is 10.4 Å². The third-order valence-corrected chi connectivity index (χ3v) is 3.76. The summed E-state index contributed by atoms with van der Waals surface area (Å²) in [5.41, 5.74) is 1.09. The normalized spacial score (nSPS) is 20.2. The zero-order valence-electron chi connectivity index (χ0n) is 8.57. The van der Waals surface area contributed by atoms with Gasteiger partial charge in [-0.2, -0.15) is 0 Å². The summed E-state index contributed by atoms with van der Waals surface area (Å²) in [6.45, 7) is 2.01. The molecular formula is C10H17N3S. The lowest BCUT2D eigenvalue weighted by Gasteiger charge is -2.16. The Hall–Kier alpha value is -0.770. The van der Waals surface area contributed by atoms with E-state index in [1.807, 2.05) is 6.92 Å². The molecule has 0 saturated heterocycles. The van der Waals surface area contributed by atoms with Crippen LogP contribution in [0.1, 0.15) is 37.8 Å². The van der Waals surface area contributed by atoms with Crippen LogP contribution in [0.3, 0.4) is 0 Å². The molecule has 0 bridgehead atoms. The molecule has 0 amide bonds. The molecule has 0 atom stereocenters. The first-order chi connectivity index (χ1) is 6.77. The maximum atomic E-state index is 5.85. The Bertz CT molecular complexity index is 358. The van der Waals surface area contributed by atoms with Crippen molar-refractivity contribution in [1.82, 2.24) is 4.68 Å². The Morgan fingerprint density at radius 3 is 2.71 bits per heavy atom. The third-order valence-electron chi connectivity index (χ3n) is 2.79. The second kappa shape index (κ2) is 4.17. The Morgan fingerprint density at radius 1 is 1.43 bits per heavy atom. The van der Waals surface area contributed by atoms with E-state index in [1.165, 1.54) is 32.1 Å². The lowest BCUT2D eigenvalue weighted by molar-refractivity contribution is 0.435. The molecule has 1 aromatic rings. The van der Waals surface area contributed by atoms with Crippen molar-refractivity contribution in [3.63, 3.8) is 0 Å². The SMILES string of the molecule is Cc1csc(=NC2CCCCC2)n1N. The first-order valence-corrected chi connectivity index (χ1v) is 6.11. The number of hydrogen-bond donors (Lipinski definition) is 1. The molecule has 0 aromatic carbocycles. The van der Waals surface area contributed by atoms with Crippen LogP contribution in [-0.2, 0) is 0 Å². The molecule has 0 radical (unpaired) electrons. The number of rotatable bonds is 1. The van der Waals surface area contributed by atoms with Gasteiger partial charge in [-0.3, -0.25) is 4.99 Å². The van der Waals surface area contributed by atoms with Gasteiger partial charge >= 0.3 is 0 Å². The van der Waals surface area contributed by atoms with E-state index in [2.05, 4.69) is 5.38 Å². The minimum absolute atomic E-state index is 0.511. The lowest BCUT2D eigenvalue weighted by atomic mass is 9.96. The number of nitrogen functional groups attached to an aromatic ring is 1. The largest absolute Gasteiger partial charge is 0.337 e. The lowest BCUT2D eigenvalue weighted by Crippen LogP contribution is -2.26. The zero-order valence-corrected chi connectivity index (χ0v) is 9.39. The van der Waals surface area contributed by atoms with Gasteiger partial charge in [0.2, 0.25) is 4.80 Å². The summed E-state index contributed by atoms with van der Waals surface area (Å²) < 4.78 is 1.69. The Kier molecular flexibility index (Phi) is 2.91. The van der Waals surface area contributed by atoms with Crippen LogP contribution in [0, 0.1) is 6.92 Å². The van der Waals surface area contributed by atoms with E-state index in [0.717, 1.165) is 10.5 Å². The quantitative estimate of drug-likeness (QED) is 0.707. The smallest absolute Gasteiger partial charge is 0.203 e. The Balaban J connectivity index is 2.20. The van der Waals surface area contributed by atoms with Crippen molar-refractivity contribution in [2.75, 3.05) is 5.84 Å². The fourth-order valence-corrected chi connectivity index (χ4v) is 2.72. The van der Waals surface area contributed by atoms with Crippen LogP contribution in [0.4, 0.5) is 0 Å². The topological polar surface area (TPSA) is 43.3 Å². The maximum Gasteiger partial charge on any atom is 0.203 e. The molecule has 2 rings (SSSR count). The Morgan fingerprint density at radius 2 is 2.14 bits per heavy atom. The van der Waals surface area contributed by atoms with E-state index in [-0.39, 0.29) is 0 Å². The van der Waals surface area contributed by atoms with Crippen molar-refractivity contribution in [3.05, 3.63) is 15.9 Å². The number of thiazole rings is 1. The number of hydrogen-bond acceptors (Lipinski definition) is 3. The fraction of sp³-hybridized carbons (Fsp3) is 0.700. The Labute approximate surface area is 88.3 Å². The highest BCUT2D eigenvalue weighted by Crippen LogP contribution is 2.19. The minimum atomic E-state index is 0.511. The summed E-state index contributed by atoms with van der Waals surface area (Å²) in [5, 5.41) is 2.06. The fourth-order valence-electron chi connectivity index (χ4n) is 1.86. The average Bonchev–Trinajstić information content (AvgIpc) is 2.52. The molecule has 1 heterocycles. The van der Waals surface area contributed by atoms with Crippen LogP contribution in [-0.4, -0.2) is 10.7 Å². The van der Waals surface area contributed by atoms with Crippen molar-refractivity contribution in [1.29, 1.82) is 0 Å². The average molecular weight is 211 g/mol. The van der Waals surface area contributed by atoms with E-state index in [9.17, 15) is 0 Å². The monoisotopic (exact) mass is 211 g/mol. The van der Waals surface area contributed by atoms with Crippen LogP contribution >= 0.6 is 11.3 Å². The standard InChI is InChI=1S/C10H17N3S/c1-8-7-14-10(13(8)11)12-9-5-3-2-4-6-9/h7,9H,2-6,11H2,1H3. The zero-order chi connectivity index (χ0) is 9.97. The summed E-state index contributed by atoms with van der Waals surface area (Å²) in [4.78, 5) is 5.66. The van der Waals surface area contributed by atoms with Gasteiger partial charge in [0.1, 0.15) is 0 Å². The summed E-state index contributed by atoms with van der Waals surface area (Å²) >= 11 is 1.64. The van der Waals surface area contributed by atoms with Crippen molar-refractivity contribution in [2.24, 2.45) is 4.99 Å². The summed E-state index contributed by atoms with van der Waals surface area (Å²) in [7, 11) is 0. The van der Waals surface area contributed by atoms with Crippen LogP contribution < -0.4 is 10.6 Å². The molecule has 2 N–H and O–H groups in total. The predicted molar refractivity (Wildman–Crippen MR) is 59.6 cm³/mol. The second-order valence-corrected chi connectivity index (χ2v) is 4.79. The van der Waals surface area contributed by atoms with Gasteiger partial charge in [0, 0.05) is 11.1 Å². The number of aromatic nitrogens is 1. The van der Waals surface area contributed by atoms with Crippen molar-refractivity contribution in [3.8, 4) is 0 Å². The number of nitrogens with two attached hydrogens (primary N) is 1. The molecule has 1 fully saturated rings. The van der Waals surface area contributed by atoms with Gasteiger partial charge in [-0.15, -0.1) is 11.3 Å². The molecule has 1 saturated carbocycles. The van der Waals surface area contributed by atoms with E-state index in [0.29, 0.717) is 6.04 Å². The maximum absolute atomic E-state index is 5.85. The van der Waals surface area contributed by atoms with Crippen molar-refractivity contribution in [2.45, 2.75) is 45.1 Å². The molecule has 1 aliphatic carbocycles. The number of aryl methyl sites for hydroxylation is 1. The van der Waals surface area contributed by atoms with Crippen LogP contribution in [0.25, 0.3) is 0 Å². The first kappa shape index (κ1) is 9.77. The molecule has 4 heteroatoms. The van der Waals surface area contributed by atoms with Crippen molar-refractivity contribution >= 4 is 11.3 Å². The summed E-state index contributed by atoms with van der Waals surface area (Å²) in [6, 6.07) is 0.511. The third kappa shape index (κ3) is 2.00. The molecule has 78 valence electrons. The van der Waals surface area contributed by atoms with Gasteiger partial charge in [0.15, 0.2) is 0 Å². The van der Waals surface area contributed by atoms with Gasteiger partial charge in [-0.05, 0) is 19.8 Å². The molecule has 14 heavy (non-hydrogen) atoms. The molecular weight excluding hydrogens is 194 g/mol. The van der Waals surface area contributed by atoms with Crippen LogP contribution in [0.2, 0.25) is 0 Å². The van der Waals surface area contributed by atoms with E-state index < -0.39 is 0 Å². The minimum Gasteiger partial charge on any atom is -0.337 e. The molecule has 1 aromatic heterocycles. The van der Waals surface area contributed by atoms with E-state index in [4.69, 9.17) is 10.8 Å². The van der Waals surface area contributed by atoms with Gasteiger partial charge < -0.3 is 5.84 Å². The van der Waals surface area contributed by atoms with Gasteiger partial charge in [-0.25, -0.2) is 4.68 Å².